The predicted octanol–water partition coefficient (Wildman–Crippen LogP) is 3.11. The van der Waals surface area contributed by atoms with Crippen molar-refractivity contribution in [2.75, 3.05) is 37.6 Å². The van der Waals surface area contributed by atoms with E-state index in [0.717, 1.165) is 5.69 Å². The number of rotatable bonds is 5. The summed E-state index contributed by atoms with van der Waals surface area (Å²) in [5.74, 6) is -0.368. The maximum atomic E-state index is 14.2. The number of hydrogen-bond donors (Lipinski definition) is 0. The normalized spacial score (nSPS) is 19.1. The number of carbonyl (C=O) groups excluding carboxylic acids is 1. The lowest BCUT2D eigenvalue weighted by Crippen LogP contribution is -2.50. The number of hydrogen-bond acceptors (Lipinski definition) is 4. The molecule has 3 aromatic rings. The summed E-state index contributed by atoms with van der Waals surface area (Å²) >= 11 is 0. The van der Waals surface area contributed by atoms with Crippen molar-refractivity contribution < 1.29 is 17.6 Å². The van der Waals surface area contributed by atoms with Gasteiger partial charge in [-0.05, 0) is 36.4 Å². The number of fused-ring (bicyclic) bond motifs is 1. The molecule has 0 aliphatic carbocycles. The summed E-state index contributed by atoms with van der Waals surface area (Å²) in [5.41, 5.74) is 1.36. The minimum atomic E-state index is -3.76. The average Bonchev–Trinajstić information content (AvgIpc) is 3.35. The molecule has 3 heterocycles. The Labute approximate surface area is 199 Å². The van der Waals surface area contributed by atoms with Gasteiger partial charge in [0.25, 0.3) is 0 Å². The van der Waals surface area contributed by atoms with E-state index < -0.39 is 16.1 Å². The molecule has 1 saturated heterocycles. The summed E-state index contributed by atoms with van der Waals surface area (Å²) in [6.45, 7) is 2.83. The number of nitrogens with zero attached hydrogens (tertiary/aromatic N) is 4. The van der Waals surface area contributed by atoms with Crippen LogP contribution in [-0.4, -0.2) is 60.8 Å². The molecule has 1 aromatic heterocycles. The Hall–Kier alpha value is -3.17. The molecule has 0 spiro atoms. The van der Waals surface area contributed by atoms with Crippen molar-refractivity contribution in [1.82, 2.24) is 13.8 Å². The second-order valence-electron chi connectivity index (χ2n) is 8.59. The summed E-state index contributed by atoms with van der Waals surface area (Å²) in [5, 5.41) is 0. The molecule has 178 valence electrons. The fourth-order valence-corrected chi connectivity index (χ4v) is 6.48. The van der Waals surface area contributed by atoms with Crippen LogP contribution in [0.15, 0.2) is 77.8 Å². The molecule has 0 saturated carbocycles. The van der Waals surface area contributed by atoms with Crippen molar-refractivity contribution >= 4 is 21.6 Å². The van der Waals surface area contributed by atoms with Gasteiger partial charge in [-0.25, -0.2) is 12.8 Å². The Balaban J connectivity index is 1.33. The third-order valence-electron chi connectivity index (χ3n) is 6.66. The van der Waals surface area contributed by atoms with Gasteiger partial charge in [0.05, 0.1) is 16.6 Å². The van der Waals surface area contributed by atoms with Crippen LogP contribution in [-0.2, 0) is 21.4 Å². The highest BCUT2D eigenvalue weighted by Gasteiger charge is 2.38. The zero-order valence-electron chi connectivity index (χ0n) is 18.8. The molecule has 2 aromatic carbocycles. The van der Waals surface area contributed by atoms with Crippen molar-refractivity contribution in [3.8, 4) is 0 Å². The number of aromatic nitrogens is 1. The molecule has 1 atom stereocenters. The second-order valence-corrected chi connectivity index (χ2v) is 10.5. The Morgan fingerprint density at radius 3 is 2.29 bits per heavy atom. The summed E-state index contributed by atoms with van der Waals surface area (Å²) in [6.07, 6.45) is 1.99. The maximum absolute atomic E-state index is 14.2. The number of sulfonamides is 1. The molecule has 7 nitrogen and oxygen atoms in total. The molecular weight excluding hydrogens is 455 g/mol. The Bertz CT molecular complexity index is 1270. The van der Waals surface area contributed by atoms with E-state index in [9.17, 15) is 17.6 Å². The topological polar surface area (TPSA) is 65.9 Å². The van der Waals surface area contributed by atoms with Gasteiger partial charge >= 0.3 is 0 Å². The monoisotopic (exact) mass is 482 g/mol. The van der Waals surface area contributed by atoms with E-state index in [-0.39, 0.29) is 23.0 Å². The van der Waals surface area contributed by atoms with E-state index in [1.807, 2.05) is 27.8 Å². The van der Waals surface area contributed by atoms with Crippen LogP contribution in [0.2, 0.25) is 0 Å². The summed E-state index contributed by atoms with van der Waals surface area (Å²) in [7, 11) is -3.76. The van der Waals surface area contributed by atoms with Crippen LogP contribution < -0.4 is 4.90 Å². The van der Waals surface area contributed by atoms with Gasteiger partial charge in [0.2, 0.25) is 15.9 Å². The highest BCUT2D eigenvalue weighted by atomic mass is 32.2. The Morgan fingerprint density at radius 1 is 0.853 bits per heavy atom. The van der Waals surface area contributed by atoms with E-state index >= 15 is 0 Å². The molecule has 2 aliphatic heterocycles. The molecular formula is C25H27FN4O3S. The van der Waals surface area contributed by atoms with Gasteiger partial charge < -0.3 is 14.4 Å². The smallest absolute Gasteiger partial charge is 0.243 e. The predicted molar refractivity (Wildman–Crippen MR) is 127 cm³/mol. The minimum Gasteiger partial charge on any atom is -0.366 e. The van der Waals surface area contributed by atoms with Crippen molar-refractivity contribution in [3.05, 3.63) is 84.4 Å². The summed E-state index contributed by atoms with van der Waals surface area (Å²) in [4.78, 5) is 17.2. The van der Waals surface area contributed by atoms with E-state index in [2.05, 4.69) is 0 Å². The van der Waals surface area contributed by atoms with Crippen LogP contribution in [0.25, 0.3) is 0 Å². The van der Waals surface area contributed by atoms with Gasteiger partial charge in [0, 0.05) is 57.6 Å². The maximum Gasteiger partial charge on any atom is 0.243 e. The molecule has 1 unspecified atom stereocenters. The number of piperazine rings is 1. The van der Waals surface area contributed by atoms with Crippen LogP contribution in [0.3, 0.4) is 0 Å². The van der Waals surface area contributed by atoms with Gasteiger partial charge in [-0.15, -0.1) is 0 Å². The largest absolute Gasteiger partial charge is 0.366 e. The van der Waals surface area contributed by atoms with Gasteiger partial charge in [-0.1, -0.05) is 30.3 Å². The molecule has 9 heteroatoms. The van der Waals surface area contributed by atoms with Gasteiger partial charge in [0.1, 0.15) is 5.82 Å². The number of anilines is 1. The molecule has 2 aliphatic rings. The second kappa shape index (κ2) is 9.23. The lowest BCUT2D eigenvalue weighted by molar-refractivity contribution is -0.132. The first-order valence-electron chi connectivity index (χ1n) is 11.4. The highest BCUT2D eigenvalue weighted by Crippen LogP contribution is 2.34. The molecule has 0 radical (unpaired) electrons. The minimum absolute atomic E-state index is 0.0653. The van der Waals surface area contributed by atoms with Crippen LogP contribution >= 0.6 is 0 Å². The lowest BCUT2D eigenvalue weighted by atomic mass is 10.1. The number of carbonyl (C=O) groups is 1. The first-order valence-corrected chi connectivity index (χ1v) is 12.9. The third kappa shape index (κ3) is 4.21. The van der Waals surface area contributed by atoms with Crippen molar-refractivity contribution in [1.29, 1.82) is 0 Å². The van der Waals surface area contributed by atoms with E-state index in [0.29, 0.717) is 45.0 Å². The Kier molecular flexibility index (Phi) is 6.14. The third-order valence-corrected chi connectivity index (χ3v) is 8.58. The van der Waals surface area contributed by atoms with Crippen molar-refractivity contribution in [2.24, 2.45) is 0 Å². The first-order chi connectivity index (χ1) is 16.4. The molecule has 0 bridgehead atoms. The van der Waals surface area contributed by atoms with Crippen molar-refractivity contribution in [2.45, 2.75) is 23.9 Å². The first kappa shape index (κ1) is 22.6. The van der Waals surface area contributed by atoms with Crippen molar-refractivity contribution in [3.63, 3.8) is 0 Å². The number of halogens is 1. The average molecular weight is 483 g/mol. The van der Waals surface area contributed by atoms with E-state index in [1.165, 1.54) is 10.4 Å². The lowest BCUT2D eigenvalue weighted by Gasteiger charge is -2.39. The Morgan fingerprint density at radius 2 is 1.56 bits per heavy atom. The van der Waals surface area contributed by atoms with Gasteiger partial charge in [0.15, 0.2) is 0 Å². The molecule has 1 fully saturated rings. The number of para-hydroxylation sites is 1. The van der Waals surface area contributed by atoms with Crippen LogP contribution in [0.5, 0.6) is 0 Å². The molecule has 0 N–H and O–H groups in total. The van der Waals surface area contributed by atoms with E-state index in [4.69, 9.17) is 0 Å². The fourth-order valence-electron chi connectivity index (χ4n) is 4.86. The summed E-state index contributed by atoms with van der Waals surface area (Å²) in [6, 6.07) is 18.2. The van der Waals surface area contributed by atoms with Crippen LogP contribution in [0, 0.1) is 5.82 Å². The quantitative estimate of drug-likeness (QED) is 0.561. The molecule has 1 amide bonds. The van der Waals surface area contributed by atoms with Gasteiger partial charge in [-0.2, -0.15) is 4.31 Å². The SMILES string of the molecule is O=C(CC1c2cccn2CCN1S(=O)(=O)c1ccccc1)N1CCN(c2ccccc2F)CC1. The highest BCUT2D eigenvalue weighted by molar-refractivity contribution is 7.89. The zero-order valence-corrected chi connectivity index (χ0v) is 19.6. The van der Waals surface area contributed by atoms with Crippen LogP contribution in [0.4, 0.5) is 10.1 Å². The van der Waals surface area contributed by atoms with E-state index in [1.54, 1.807) is 53.4 Å². The van der Waals surface area contributed by atoms with Crippen LogP contribution in [0.1, 0.15) is 18.2 Å². The molecule has 34 heavy (non-hydrogen) atoms. The zero-order chi connectivity index (χ0) is 23.7. The molecule has 5 rings (SSSR count). The number of amides is 1. The standard InChI is InChI=1S/C25H27FN4O3S/c26-21-9-4-5-10-22(21)28-13-15-29(16-14-28)25(31)19-24-23-11-6-12-27(23)17-18-30(24)34(32,33)20-7-2-1-3-8-20/h1-12,24H,13-19H2. The van der Waals surface area contributed by atoms with Gasteiger partial charge in [-0.3, -0.25) is 4.79 Å². The number of benzene rings is 2. The fraction of sp³-hybridized carbons (Fsp3) is 0.320. The summed E-state index contributed by atoms with van der Waals surface area (Å²) < 4.78 is 44.6.